The van der Waals surface area contributed by atoms with E-state index in [1.807, 2.05) is 0 Å². The van der Waals surface area contributed by atoms with Crippen molar-refractivity contribution in [1.82, 2.24) is 0 Å². The number of nitro groups is 2. The lowest BCUT2D eigenvalue weighted by atomic mass is 10.2. The Kier molecular flexibility index (Phi) is 3.67. The predicted molar refractivity (Wildman–Crippen MR) is 61.1 cm³/mol. The normalized spacial score (nSPS) is 10.2. The number of nitrogens with zero attached hydrogens (tertiary/aromatic N) is 3. The molecule has 0 aromatic heterocycles. The Morgan fingerprint density at radius 2 is 1.81 bits per heavy atom. The average Bonchev–Trinajstić information content (AvgIpc) is 2.16. The molecule has 0 unspecified atom stereocenters. The molecule has 0 N–H and O–H groups in total. The number of non-ortho nitro benzene ring substituents is 1. The highest BCUT2D eigenvalue weighted by atomic mass is 32.2. The third-order valence-electron chi connectivity index (χ3n) is 1.65. The van der Waals surface area contributed by atoms with Crippen LogP contribution in [0.2, 0.25) is 0 Å². The predicted octanol–water partition coefficient (Wildman–Crippen LogP) is 2.20. The summed E-state index contributed by atoms with van der Waals surface area (Å²) >= 11 is 0. The van der Waals surface area contributed by atoms with Gasteiger partial charge in [0.1, 0.15) is 5.69 Å². The van der Waals surface area contributed by atoms with Gasteiger partial charge in [0.2, 0.25) is 0 Å². The van der Waals surface area contributed by atoms with Gasteiger partial charge in [-0.25, -0.2) is 4.36 Å². The van der Waals surface area contributed by atoms with E-state index in [0.717, 1.165) is 6.07 Å². The van der Waals surface area contributed by atoms with E-state index in [0.29, 0.717) is 0 Å². The van der Waals surface area contributed by atoms with Gasteiger partial charge in [-0.3, -0.25) is 20.2 Å². The standard InChI is InChI=1S/C8H9N3O4S/c1-16(2)9-7-4-3-6(10(12)13)5-8(7)11(14)15/h3-5H,1-2H3. The summed E-state index contributed by atoms with van der Waals surface area (Å²) in [6, 6.07) is 3.42. The van der Waals surface area contributed by atoms with Crippen LogP contribution in [0.15, 0.2) is 22.6 Å². The highest BCUT2D eigenvalue weighted by Crippen LogP contribution is 2.31. The van der Waals surface area contributed by atoms with Crippen molar-refractivity contribution in [1.29, 1.82) is 0 Å². The van der Waals surface area contributed by atoms with Gasteiger partial charge in [-0.1, -0.05) is 0 Å². The van der Waals surface area contributed by atoms with Gasteiger partial charge in [0.25, 0.3) is 5.69 Å². The molecule has 0 fully saturated rings. The summed E-state index contributed by atoms with van der Waals surface area (Å²) in [4.78, 5) is 19.8. The summed E-state index contributed by atoms with van der Waals surface area (Å²) in [6.45, 7) is 0. The molecule has 0 heterocycles. The SMILES string of the molecule is CS(C)=Nc1ccc([N+](=O)[O-])cc1[N+](=O)[O-]. The molecule has 0 aliphatic rings. The van der Waals surface area contributed by atoms with Gasteiger partial charge in [-0.15, -0.1) is 10.7 Å². The van der Waals surface area contributed by atoms with Crippen LogP contribution in [0.25, 0.3) is 0 Å². The lowest BCUT2D eigenvalue weighted by Gasteiger charge is -1.98. The molecule has 0 spiro atoms. The molecule has 86 valence electrons. The molecule has 0 bridgehead atoms. The Balaban J connectivity index is 3.36. The fraction of sp³-hybridized carbons (Fsp3) is 0.250. The first-order valence-corrected chi connectivity index (χ1v) is 6.14. The third-order valence-corrected chi connectivity index (χ3v) is 2.21. The van der Waals surface area contributed by atoms with Crippen LogP contribution in [0.4, 0.5) is 17.1 Å². The molecule has 0 saturated heterocycles. The molecule has 1 aromatic carbocycles. The minimum Gasteiger partial charge on any atom is -0.258 e. The summed E-state index contributed by atoms with van der Waals surface area (Å²) in [6.07, 6.45) is 3.59. The van der Waals surface area contributed by atoms with E-state index in [1.165, 1.54) is 12.1 Å². The van der Waals surface area contributed by atoms with Crippen LogP contribution in [0, 0.1) is 20.2 Å². The first kappa shape index (κ1) is 12.2. The minimum atomic E-state index is -0.672. The Labute approximate surface area is 93.5 Å². The number of hydrogen-bond acceptors (Lipinski definition) is 5. The van der Waals surface area contributed by atoms with Crippen molar-refractivity contribution < 1.29 is 9.85 Å². The van der Waals surface area contributed by atoms with E-state index in [1.54, 1.807) is 12.5 Å². The molecule has 0 saturated carbocycles. The van der Waals surface area contributed by atoms with Crippen molar-refractivity contribution in [3.63, 3.8) is 0 Å². The van der Waals surface area contributed by atoms with E-state index in [9.17, 15) is 20.2 Å². The average molecular weight is 243 g/mol. The molecule has 0 amide bonds. The quantitative estimate of drug-likeness (QED) is 0.600. The van der Waals surface area contributed by atoms with Gasteiger partial charge >= 0.3 is 5.69 Å². The fourth-order valence-electron chi connectivity index (χ4n) is 1.05. The van der Waals surface area contributed by atoms with E-state index in [-0.39, 0.29) is 27.8 Å². The van der Waals surface area contributed by atoms with Crippen molar-refractivity contribution in [2.24, 2.45) is 4.36 Å². The second-order valence-electron chi connectivity index (χ2n) is 3.05. The highest BCUT2D eigenvalue weighted by Gasteiger charge is 2.18. The van der Waals surface area contributed by atoms with Gasteiger partial charge in [-0.05, 0) is 18.6 Å². The van der Waals surface area contributed by atoms with Crippen LogP contribution in [0.1, 0.15) is 0 Å². The zero-order valence-corrected chi connectivity index (χ0v) is 9.43. The molecule has 7 nitrogen and oxygen atoms in total. The Morgan fingerprint density at radius 3 is 2.25 bits per heavy atom. The van der Waals surface area contributed by atoms with E-state index < -0.39 is 9.85 Å². The van der Waals surface area contributed by atoms with Crippen molar-refractivity contribution in [3.05, 3.63) is 38.4 Å². The van der Waals surface area contributed by atoms with Crippen molar-refractivity contribution in [3.8, 4) is 0 Å². The molecule has 0 atom stereocenters. The largest absolute Gasteiger partial charge is 0.302 e. The first-order chi connectivity index (χ1) is 7.41. The second-order valence-corrected chi connectivity index (χ2v) is 4.78. The third kappa shape index (κ3) is 2.83. The van der Waals surface area contributed by atoms with Crippen LogP contribution in [-0.4, -0.2) is 22.4 Å². The summed E-state index contributed by atoms with van der Waals surface area (Å²) in [5, 5.41) is 21.2. The van der Waals surface area contributed by atoms with Gasteiger partial charge in [-0.2, -0.15) is 0 Å². The molecule has 1 aromatic rings. The topological polar surface area (TPSA) is 98.6 Å². The van der Waals surface area contributed by atoms with Gasteiger partial charge in [0, 0.05) is 6.07 Å². The Hall–Kier alpha value is -1.83. The van der Waals surface area contributed by atoms with Crippen molar-refractivity contribution >= 4 is 27.8 Å². The molecular weight excluding hydrogens is 234 g/mol. The number of hydrogen-bond donors (Lipinski definition) is 0. The molecule has 0 aliphatic heterocycles. The van der Waals surface area contributed by atoms with E-state index in [2.05, 4.69) is 4.36 Å². The minimum absolute atomic E-state index is 0.170. The Bertz CT molecular complexity index is 482. The molecule has 1 rings (SSSR count). The maximum atomic E-state index is 10.7. The number of benzene rings is 1. The van der Waals surface area contributed by atoms with Gasteiger partial charge in [0.15, 0.2) is 0 Å². The zero-order chi connectivity index (χ0) is 12.3. The highest BCUT2D eigenvalue weighted by molar-refractivity contribution is 7.85. The van der Waals surface area contributed by atoms with Gasteiger partial charge < -0.3 is 0 Å². The van der Waals surface area contributed by atoms with Crippen LogP contribution < -0.4 is 0 Å². The van der Waals surface area contributed by atoms with Crippen LogP contribution in [0.5, 0.6) is 0 Å². The molecule has 16 heavy (non-hydrogen) atoms. The molecule has 0 aliphatic carbocycles. The van der Waals surface area contributed by atoms with Crippen molar-refractivity contribution in [2.75, 3.05) is 12.5 Å². The number of rotatable bonds is 3. The Morgan fingerprint density at radius 1 is 1.19 bits per heavy atom. The van der Waals surface area contributed by atoms with E-state index >= 15 is 0 Å². The summed E-state index contributed by atoms with van der Waals surface area (Å²) in [5.74, 6) is 0. The monoisotopic (exact) mass is 243 g/mol. The van der Waals surface area contributed by atoms with Gasteiger partial charge in [0.05, 0.1) is 15.9 Å². The lowest BCUT2D eigenvalue weighted by Crippen LogP contribution is -1.93. The van der Waals surface area contributed by atoms with Crippen LogP contribution in [-0.2, 0) is 10.7 Å². The summed E-state index contributed by atoms with van der Waals surface area (Å²) in [5.41, 5.74) is -0.475. The summed E-state index contributed by atoms with van der Waals surface area (Å²) < 4.78 is 4.04. The number of nitro benzene ring substituents is 2. The summed E-state index contributed by atoms with van der Waals surface area (Å²) in [7, 11) is -0.360. The second kappa shape index (κ2) is 4.79. The smallest absolute Gasteiger partial charge is 0.258 e. The lowest BCUT2D eigenvalue weighted by molar-refractivity contribution is -0.393. The molecule has 8 heteroatoms. The molecular formula is C8H9N3O4S. The maximum absolute atomic E-state index is 10.7. The first-order valence-electron chi connectivity index (χ1n) is 4.14. The van der Waals surface area contributed by atoms with Crippen LogP contribution >= 0.6 is 0 Å². The fourth-order valence-corrected chi connectivity index (χ4v) is 1.59. The maximum Gasteiger partial charge on any atom is 0.302 e. The zero-order valence-electron chi connectivity index (χ0n) is 8.61. The molecule has 0 radical (unpaired) electrons. The van der Waals surface area contributed by atoms with Crippen LogP contribution in [0.3, 0.4) is 0 Å². The van der Waals surface area contributed by atoms with Crippen molar-refractivity contribution in [2.45, 2.75) is 0 Å². The van der Waals surface area contributed by atoms with E-state index in [4.69, 9.17) is 0 Å².